The van der Waals surface area contributed by atoms with E-state index in [-0.39, 0.29) is 48.8 Å². The summed E-state index contributed by atoms with van der Waals surface area (Å²) in [5, 5.41) is 13.1. The molecule has 3 aromatic rings. The Balaban J connectivity index is 1.30. The minimum absolute atomic E-state index is 0.00341. The molecule has 1 aliphatic carbocycles. The van der Waals surface area contributed by atoms with E-state index in [9.17, 15) is 14.7 Å². The molecule has 0 bridgehead atoms. The van der Waals surface area contributed by atoms with Crippen molar-refractivity contribution in [3.05, 3.63) is 83.9 Å². The van der Waals surface area contributed by atoms with E-state index in [1.807, 2.05) is 67.6 Å². The van der Waals surface area contributed by atoms with Gasteiger partial charge in [-0.2, -0.15) is 0 Å². The second-order valence-corrected chi connectivity index (χ2v) is 12.8. The van der Waals surface area contributed by atoms with Crippen molar-refractivity contribution >= 4 is 17.5 Å². The lowest BCUT2D eigenvalue weighted by molar-refractivity contribution is -0.134. The maximum absolute atomic E-state index is 13.6. The van der Waals surface area contributed by atoms with Gasteiger partial charge < -0.3 is 24.8 Å². The fourth-order valence-electron chi connectivity index (χ4n) is 6.31. The Morgan fingerprint density at radius 3 is 2.47 bits per heavy atom. The van der Waals surface area contributed by atoms with Crippen LogP contribution in [0.15, 0.2) is 72.8 Å². The Labute approximate surface area is 267 Å². The molecule has 0 radical (unpaired) electrons. The summed E-state index contributed by atoms with van der Waals surface area (Å²) in [5.74, 6) is 2.28. The molecule has 3 aromatic carbocycles. The maximum atomic E-state index is 13.6. The number of hydrogen-bond donors (Lipinski definition) is 2. The number of carbonyl (C=O) groups excluding carboxylic acids is 2. The minimum Gasteiger partial charge on any atom is -0.488 e. The zero-order chi connectivity index (χ0) is 31.8. The molecule has 2 aliphatic rings. The van der Waals surface area contributed by atoms with E-state index in [1.54, 1.807) is 4.90 Å². The number of nitrogens with one attached hydrogen (secondary N) is 1. The van der Waals surface area contributed by atoms with Gasteiger partial charge in [0.2, 0.25) is 11.8 Å². The van der Waals surface area contributed by atoms with Crippen LogP contribution in [-0.2, 0) is 22.6 Å². The highest BCUT2D eigenvalue weighted by atomic mass is 16.5. The number of carbonyl (C=O) groups is 2. The monoisotopic (exact) mass is 613 g/mol. The van der Waals surface area contributed by atoms with Crippen LogP contribution in [0.2, 0.25) is 0 Å². The van der Waals surface area contributed by atoms with Crippen LogP contribution in [0.25, 0.3) is 0 Å². The second-order valence-electron chi connectivity index (χ2n) is 12.8. The van der Waals surface area contributed by atoms with E-state index in [4.69, 9.17) is 9.47 Å². The molecule has 45 heavy (non-hydrogen) atoms. The molecular formula is C37H47N3O5. The van der Waals surface area contributed by atoms with Crippen molar-refractivity contribution in [3.63, 3.8) is 0 Å². The summed E-state index contributed by atoms with van der Waals surface area (Å²) in [7, 11) is 2.07. The highest BCUT2D eigenvalue weighted by Crippen LogP contribution is 2.31. The topological polar surface area (TPSA) is 91.3 Å². The molecule has 0 aromatic heterocycles. The first-order valence-electron chi connectivity index (χ1n) is 16.3. The molecule has 0 spiro atoms. The second kappa shape index (κ2) is 15.4. The summed E-state index contributed by atoms with van der Waals surface area (Å²) < 4.78 is 12.6. The number of anilines is 1. The number of ether oxygens (including phenoxy) is 2. The van der Waals surface area contributed by atoms with Gasteiger partial charge in [0.05, 0.1) is 19.1 Å². The molecule has 5 rings (SSSR count). The van der Waals surface area contributed by atoms with Crippen molar-refractivity contribution in [2.75, 3.05) is 32.1 Å². The number of fused-ring (bicyclic) bond motifs is 1. The molecule has 8 heteroatoms. The average molecular weight is 614 g/mol. The van der Waals surface area contributed by atoms with Crippen LogP contribution in [-0.4, -0.2) is 65.6 Å². The molecule has 1 fully saturated rings. The van der Waals surface area contributed by atoms with E-state index in [2.05, 4.69) is 36.3 Å². The van der Waals surface area contributed by atoms with E-state index in [1.165, 1.54) is 6.42 Å². The molecule has 0 saturated heterocycles. The van der Waals surface area contributed by atoms with Crippen molar-refractivity contribution < 1.29 is 24.2 Å². The lowest BCUT2D eigenvalue weighted by Crippen LogP contribution is -2.47. The van der Waals surface area contributed by atoms with Gasteiger partial charge >= 0.3 is 0 Å². The zero-order valence-electron chi connectivity index (χ0n) is 26.8. The maximum Gasteiger partial charge on any atom is 0.227 e. The normalized spacial score (nSPS) is 19.9. The Kier molecular flexibility index (Phi) is 11.1. The number of rotatable bonds is 10. The van der Waals surface area contributed by atoms with Crippen molar-refractivity contribution in [1.82, 2.24) is 9.80 Å². The van der Waals surface area contributed by atoms with Crippen LogP contribution in [0, 0.1) is 11.8 Å². The first-order valence-corrected chi connectivity index (χ1v) is 16.3. The summed E-state index contributed by atoms with van der Waals surface area (Å²) in [4.78, 5) is 30.5. The third-order valence-electron chi connectivity index (χ3n) is 9.01. The van der Waals surface area contributed by atoms with Crippen LogP contribution in [0.5, 0.6) is 17.2 Å². The van der Waals surface area contributed by atoms with Gasteiger partial charge in [-0.25, -0.2) is 0 Å². The summed E-state index contributed by atoms with van der Waals surface area (Å²) in [6, 6.07) is 23.2. The number of benzene rings is 3. The number of likely N-dealkylation sites (N-methyl/N-ethyl adjacent to an activating group) is 1. The van der Waals surface area contributed by atoms with Gasteiger partial charge in [0.15, 0.2) is 0 Å². The molecule has 2 amide bonds. The van der Waals surface area contributed by atoms with Crippen LogP contribution < -0.4 is 14.8 Å². The van der Waals surface area contributed by atoms with E-state index in [0.29, 0.717) is 31.1 Å². The van der Waals surface area contributed by atoms with Gasteiger partial charge in [0.1, 0.15) is 23.4 Å². The molecule has 0 unspecified atom stereocenters. The number of aliphatic hydroxyl groups excluding tert-OH is 1. The van der Waals surface area contributed by atoms with Crippen LogP contribution in [0.4, 0.5) is 5.69 Å². The largest absolute Gasteiger partial charge is 0.488 e. The minimum atomic E-state index is -0.314. The zero-order valence-corrected chi connectivity index (χ0v) is 26.8. The van der Waals surface area contributed by atoms with Crippen molar-refractivity contribution in [2.45, 2.75) is 71.1 Å². The number of aliphatic hydroxyl groups is 1. The fourth-order valence-corrected chi connectivity index (χ4v) is 6.31. The van der Waals surface area contributed by atoms with Crippen molar-refractivity contribution in [1.29, 1.82) is 0 Å². The number of para-hydroxylation sites is 1. The first kappa shape index (κ1) is 32.5. The van der Waals surface area contributed by atoms with Crippen LogP contribution in [0.1, 0.15) is 57.1 Å². The number of hydrogen-bond acceptors (Lipinski definition) is 6. The van der Waals surface area contributed by atoms with Gasteiger partial charge in [-0.1, -0.05) is 56.5 Å². The molecule has 1 heterocycles. The number of amides is 2. The Morgan fingerprint density at radius 2 is 1.76 bits per heavy atom. The third-order valence-corrected chi connectivity index (χ3v) is 9.01. The molecule has 1 aliphatic heterocycles. The molecule has 2 N–H and O–H groups in total. The quantitative estimate of drug-likeness (QED) is 0.280. The van der Waals surface area contributed by atoms with Gasteiger partial charge in [-0.3, -0.25) is 14.5 Å². The molecule has 1 saturated carbocycles. The Bertz CT molecular complexity index is 1410. The average Bonchev–Trinajstić information content (AvgIpc) is 3.09. The smallest absolute Gasteiger partial charge is 0.227 e. The molecule has 3 atom stereocenters. The fraction of sp³-hybridized carbons (Fsp3) is 0.459. The van der Waals surface area contributed by atoms with Crippen LogP contribution >= 0.6 is 0 Å². The van der Waals surface area contributed by atoms with Gasteiger partial charge in [0.25, 0.3) is 0 Å². The van der Waals surface area contributed by atoms with Gasteiger partial charge in [-0.15, -0.1) is 0 Å². The van der Waals surface area contributed by atoms with Crippen molar-refractivity contribution in [3.8, 4) is 17.2 Å². The predicted octanol–water partition coefficient (Wildman–Crippen LogP) is 6.28. The summed E-state index contributed by atoms with van der Waals surface area (Å²) in [6.45, 7) is 5.69. The highest BCUT2D eigenvalue weighted by molar-refractivity contribution is 5.93. The Morgan fingerprint density at radius 1 is 1.04 bits per heavy atom. The van der Waals surface area contributed by atoms with Crippen LogP contribution in [0.3, 0.4) is 0 Å². The Hall–Kier alpha value is -3.88. The lowest BCUT2D eigenvalue weighted by atomic mass is 9.88. The third kappa shape index (κ3) is 8.86. The standard InChI is InChI=1S/C37H47N3O5/c1-26-22-40(27(2)25-41)36(42)21-30-20-31(38-37(43)29-10-6-4-7-11-29)16-19-34(30)45-35(26)24-39(3)23-28-14-17-33(18-15-28)44-32-12-8-5-9-13-32/h5,8-9,12-20,26-27,29,35,41H,4,6-7,10-11,21-25H2,1-3H3,(H,38,43)/t26-,27-,35+/m0/s1. The first-order chi connectivity index (χ1) is 21.8. The van der Waals surface area contributed by atoms with E-state index in [0.717, 1.165) is 48.3 Å². The summed E-state index contributed by atoms with van der Waals surface area (Å²) in [5.41, 5.74) is 2.58. The molecular weight excluding hydrogens is 566 g/mol. The van der Waals surface area contributed by atoms with E-state index < -0.39 is 0 Å². The van der Waals surface area contributed by atoms with Crippen molar-refractivity contribution in [2.24, 2.45) is 11.8 Å². The number of nitrogens with zero attached hydrogens (tertiary/aromatic N) is 2. The summed E-state index contributed by atoms with van der Waals surface area (Å²) >= 11 is 0. The molecule has 240 valence electrons. The molecule has 8 nitrogen and oxygen atoms in total. The van der Waals surface area contributed by atoms with E-state index >= 15 is 0 Å². The summed E-state index contributed by atoms with van der Waals surface area (Å²) in [6.07, 6.45) is 5.14. The van der Waals surface area contributed by atoms with Gasteiger partial charge in [0, 0.05) is 42.7 Å². The SMILES string of the molecule is C[C@H]1CN([C@@H](C)CO)C(=O)Cc2cc(NC(=O)C3CCCCC3)ccc2O[C@@H]1CN(C)Cc1ccc(Oc2ccccc2)cc1. The lowest BCUT2D eigenvalue weighted by Gasteiger charge is -2.34. The predicted molar refractivity (Wildman–Crippen MR) is 176 cm³/mol. The van der Waals surface area contributed by atoms with Gasteiger partial charge in [-0.05, 0) is 74.8 Å². The highest BCUT2D eigenvalue weighted by Gasteiger charge is 2.31.